The van der Waals surface area contributed by atoms with Crippen LogP contribution >= 0.6 is 0 Å². The molecule has 0 fully saturated rings. The van der Waals surface area contributed by atoms with Crippen molar-refractivity contribution in [3.05, 3.63) is 68.5 Å². The van der Waals surface area contributed by atoms with E-state index in [1.165, 1.54) is 25.4 Å². The van der Waals surface area contributed by atoms with Crippen molar-refractivity contribution >= 4 is 11.9 Å². The lowest BCUT2D eigenvalue weighted by Gasteiger charge is -2.08. The molecule has 0 atom stereocenters. The third kappa shape index (κ3) is 4.19. The topological polar surface area (TPSA) is 110 Å². The van der Waals surface area contributed by atoms with Crippen LogP contribution in [0.4, 0.5) is 0 Å². The van der Waals surface area contributed by atoms with Crippen molar-refractivity contribution in [2.24, 2.45) is 7.05 Å². The van der Waals surface area contributed by atoms with Crippen molar-refractivity contribution in [2.75, 3.05) is 6.54 Å². The summed E-state index contributed by atoms with van der Waals surface area (Å²) in [5.74, 6) is -1.37. The van der Waals surface area contributed by atoms with Crippen molar-refractivity contribution in [3.63, 3.8) is 0 Å². The third-order valence-corrected chi connectivity index (χ3v) is 3.48. The summed E-state index contributed by atoms with van der Waals surface area (Å²) in [4.78, 5) is 45.9. The third-order valence-electron chi connectivity index (χ3n) is 3.48. The number of hydrogen-bond acceptors (Lipinski definition) is 4. The zero-order valence-electron chi connectivity index (χ0n) is 13.1. The van der Waals surface area contributed by atoms with Crippen molar-refractivity contribution in [1.29, 1.82) is 0 Å². The van der Waals surface area contributed by atoms with Crippen molar-refractivity contribution in [3.8, 4) is 0 Å². The number of nitrogens with zero attached hydrogens (tertiary/aromatic N) is 2. The molecule has 8 nitrogen and oxygen atoms in total. The molecule has 0 aliphatic carbocycles. The highest BCUT2D eigenvalue weighted by Crippen LogP contribution is 2.05. The van der Waals surface area contributed by atoms with Crippen molar-refractivity contribution in [2.45, 2.75) is 13.0 Å². The Balaban J connectivity index is 1.91. The molecule has 0 radical (unpaired) electrons. The van der Waals surface area contributed by atoms with E-state index in [0.717, 1.165) is 14.7 Å². The number of amides is 1. The van der Waals surface area contributed by atoms with Gasteiger partial charge in [0.15, 0.2) is 0 Å². The highest BCUT2D eigenvalue weighted by Gasteiger charge is 2.07. The maximum absolute atomic E-state index is 11.9. The minimum Gasteiger partial charge on any atom is -0.478 e. The Morgan fingerprint density at radius 1 is 1.21 bits per heavy atom. The first-order chi connectivity index (χ1) is 11.4. The van der Waals surface area contributed by atoms with Crippen LogP contribution in [-0.4, -0.2) is 32.7 Å². The van der Waals surface area contributed by atoms with E-state index in [2.05, 4.69) is 5.32 Å². The Morgan fingerprint density at radius 3 is 2.67 bits per heavy atom. The van der Waals surface area contributed by atoms with Crippen LogP contribution in [0, 0.1) is 0 Å². The summed E-state index contributed by atoms with van der Waals surface area (Å²) in [6.45, 7) is 0.116. The summed E-state index contributed by atoms with van der Waals surface area (Å²) in [6, 6.07) is 7.68. The van der Waals surface area contributed by atoms with Gasteiger partial charge in [0.25, 0.3) is 5.56 Å². The molecule has 0 aliphatic heterocycles. The smallest absolute Gasteiger partial charge is 0.335 e. The molecular weight excluding hydrogens is 314 g/mol. The standard InChI is InChI=1S/C16H17N3O5/c1-18-14(21)6-8-19(16(18)24)10-13(20)17-7-5-11-3-2-4-12(9-11)15(22)23/h2-4,6,8-9H,5,7,10H2,1H3,(H,17,20)(H,22,23). The van der Waals surface area contributed by atoms with Crippen molar-refractivity contribution < 1.29 is 14.7 Å². The molecule has 0 spiro atoms. The Kier molecular flexibility index (Phi) is 5.31. The molecule has 1 aromatic carbocycles. The minimum atomic E-state index is -1.00. The quantitative estimate of drug-likeness (QED) is 0.748. The van der Waals surface area contributed by atoms with Gasteiger partial charge in [-0.3, -0.25) is 18.7 Å². The largest absolute Gasteiger partial charge is 0.478 e. The van der Waals surface area contributed by atoms with Crippen LogP contribution < -0.4 is 16.6 Å². The average Bonchev–Trinajstić information content (AvgIpc) is 2.56. The van der Waals surface area contributed by atoms with Crippen LogP contribution in [0.15, 0.2) is 46.1 Å². The lowest BCUT2D eigenvalue weighted by atomic mass is 10.1. The number of carboxylic acid groups (broad SMARTS) is 1. The average molecular weight is 331 g/mol. The Bertz CT molecular complexity index is 882. The second-order valence-electron chi connectivity index (χ2n) is 5.23. The van der Waals surface area contributed by atoms with Gasteiger partial charge in [-0.25, -0.2) is 9.59 Å². The van der Waals surface area contributed by atoms with Gasteiger partial charge < -0.3 is 10.4 Å². The van der Waals surface area contributed by atoms with E-state index < -0.39 is 17.2 Å². The zero-order chi connectivity index (χ0) is 17.7. The summed E-state index contributed by atoms with van der Waals surface area (Å²) in [5.41, 5.74) is -0.0214. The van der Waals surface area contributed by atoms with E-state index in [-0.39, 0.29) is 18.0 Å². The van der Waals surface area contributed by atoms with Crippen LogP contribution in [0.2, 0.25) is 0 Å². The maximum Gasteiger partial charge on any atom is 0.335 e. The number of benzene rings is 1. The van der Waals surface area contributed by atoms with Gasteiger partial charge in [0, 0.05) is 25.9 Å². The molecule has 8 heteroatoms. The van der Waals surface area contributed by atoms with E-state index in [4.69, 9.17) is 5.11 Å². The van der Waals surface area contributed by atoms with E-state index in [0.29, 0.717) is 13.0 Å². The van der Waals surface area contributed by atoms with Crippen LogP contribution in [0.1, 0.15) is 15.9 Å². The molecule has 24 heavy (non-hydrogen) atoms. The summed E-state index contributed by atoms with van der Waals surface area (Å²) in [6.07, 6.45) is 1.75. The first-order valence-corrected chi connectivity index (χ1v) is 7.24. The highest BCUT2D eigenvalue weighted by molar-refractivity contribution is 5.87. The molecule has 0 saturated carbocycles. The fourth-order valence-corrected chi connectivity index (χ4v) is 2.15. The highest BCUT2D eigenvalue weighted by atomic mass is 16.4. The molecule has 0 saturated heterocycles. The molecule has 1 aromatic heterocycles. The second-order valence-corrected chi connectivity index (χ2v) is 5.23. The first kappa shape index (κ1) is 17.2. The first-order valence-electron chi connectivity index (χ1n) is 7.24. The number of carbonyl (C=O) groups is 2. The van der Waals surface area contributed by atoms with Gasteiger partial charge in [-0.2, -0.15) is 0 Å². The van der Waals surface area contributed by atoms with E-state index in [1.54, 1.807) is 18.2 Å². The molecule has 2 N–H and O–H groups in total. The van der Waals surface area contributed by atoms with E-state index in [9.17, 15) is 19.2 Å². The van der Waals surface area contributed by atoms with Crippen LogP contribution in [0.25, 0.3) is 0 Å². The molecule has 1 amide bonds. The zero-order valence-corrected chi connectivity index (χ0v) is 13.1. The molecule has 1 heterocycles. The van der Waals surface area contributed by atoms with Gasteiger partial charge >= 0.3 is 11.7 Å². The van der Waals surface area contributed by atoms with Crippen LogP contribution in [0.3, 0.4) is 0 Å². The molecule has 2 rings (SSSR count). The molecule has 2 aromatic rings. The van der Waals surface area contributed by atoms with E-state index >= 15 is 0 Å². The fourth-order valence-electron chi connectivity index (χ4n) is 2.15. The number of hydrogen-bond donors (Lipinski definition) is 2. The fraction of sp³-hybridized carbons (Fsp3) is 0.250. The molecule has 0 unspecified atom stereocenters. The van der Waals surface area contributed by atoms with Crippen molar-refractivity contribution in [1.82, 2.24) is 14.5 Å². The normalized spacial score (nSPS) is 10.4. The Labute approximate surface area is 137 Å². The number of rotatable bonds is 6. The summed E-state index contributed by atoms with van der Waals surface area (Å²) < 4.78 is 2.06. The van der Waals surface area contributed by atoms with Gasteiger partial charge in [0.1, 0.15) is 6.54 Å². The van der Waals surface area contributed by atoms with Gasteiger partial charge in [-0.15, -0.1) is 0 Å². The predicted molar refractivity (Wildman–Crippen MR) is 86.1 cm³/mol. The minimum absolute atomic E-state index is 0.190. The molecule has 0 bridgehead atoms. The number of carboxylic acids is 1. The second kappa shape index (κ2) is 7.40. The van der Waals surface area contributed by atoms with Gasteiger partial charge in [0.2, 0.25) is 5.91 Å². The summed E-state index contributed by atoms with van der Waals surface area (Å²) in [5, 5.41) is 11.6. The predicted octanol–water partition coefficient (Wildman–Crippen LogP) is -0.396. The molecule has 0 aliphatic rings. The Morgan fingerprint density at radius 2 is 1.96 bits per heavy atom. The number of carbonyl (C=O) groups excluding carboxylic acids is 1. The van der Waals surface area contributed by atoms with Crippen LogP contribution in [0.5, 0.6) is 0 Å². The van der Waals surface area contributed by atoms with Crippen LogP contribution in [-0.2, 0) is 24.8 Å². The lowest BCUT2D eigenvalue weighted by Crippen LogP contribution is -2.40. The number of nitrogens with one attached hydrogen (secondary N) is 1. The van der Waals surface area contributed by atoms with E-state index in [1.807, 2.05) is 0 Å². The van der Waals surface area contributed by atoms with Gasteiger partial charge in [-0.05, 0) is 24.1 Å². The monoisotopic (exact) mass is 331 g/mol. The Hall–Kier alpha value is -3.16. The lowest BCUT2D eigenvalue weighted by molar-refractivity contribution is -0.121. The summed E-state index contributed by atoms with van der Waals surface area (Å²) in [7, 11) is 1.34. The molecule has 126 valence electrons. The maximum atomic E-state index is 11.9. The SMILES string of the molecule is Cn1c(=O)ccn(CC(=O)NCCc2cccc(C(=O)O)c2)c1=O. The number of aromatic carboxylic acids is 1. The van der Waals surface area contributed by atoms with Gasteiger partial charge in [0.05, 0.1) is 5.56 Å². The summed E-state index contributed by atoms with van der Waals surface area (Å²) >= 11 is 0. The molecular formula is C16H17N3O5. The van der Waals surface area contributed by atoms with Gasteiger partial charge in [-0.1, -0.05) is 12.1 Å². The number of aromatic nitrogens is 2.